The summed E-state index contributed by atoms with van der Waals surface area (Å²) < 4.78 is 1.11. The molecule has 4 heteroatoms. The van der Waals surface area contributed by atoms with E-state index in [-0.39, 0.29) is 0 Å². The Morgan fingerprint density at radius 2 is 2.44 bits per heavy atom. The molecule has 1 rings (SSSR count). The number of nitrogens with zero attached hydrogens (tertiary/aromatic N) is 1. The molecule has 9 heavy (non-hydrogen) atoms. The van der Waals surface area contributed by atoms with Gasteiger partial charge in [-0.05, 0) is 15.9 Å². The molecule has 1 aromatic heterocycles. The van der Waals surface area contributed by atoms with Crippen LogP contribution in [0.1, 0.15) is 5.01 Å². The number of thiazole rings is 1. The Kier molecular flexibility index (Phi) is 3.15. The number of hydrogen-bond donors (Lipinski definition) is 0. The lowest BCUT2D eigenvalue weighted by Crippen LogP contribution is -1.80. The molecule has 0 amide bonds. The summed E-state index contributed by atoms with van der Waals surface area (Å²) in [6.07, 6.45) is 2.86. The third-order valence-corrected chi connectivity index (χ3v) is 2.77. The molecule has 1 nitrogen and oxygen atoms in total. The molecule has 0 spiro atoms. The molecule has 0 aliphatic carbocycles. The summed E-state index contributed by atoms with van der Waals surface area (Å²) in [6, 6.07) is 0. The lowest BCUT2D eigenvalue weighted by molar-refractivity contribution is 1.12. The number of alkyl halides is 1. The average molecular weight is 271 g/mol. The lowest BCUT2D eigenvalue weighted by atomic mass is 10.5. The maximum absolute atomic E-state index is 4.15. The summed E-state index contributed by atoms with van der Waals surface area (Å²) in [6.45, 7) is 0. The lowest BCUT2D eigenvalue weighted by Gasteiger charge is -1.83. The topological polar surface area (TPSA) is 12.9 Å². The molecule has 0 aliphatic rings. The number of aromatic nitrogens is 1. The quantitative estimate of drug-likeness (QED) is 0.754. The number of rotatable bonds is 2. The van der Waals surface area contributed by atoms with Gasteiger partial charge in [-0.1, -0.05) is 15.9 Å². The van der Waals surface area contributed by atoms with E-state index in [0.29, 0.717) is 0 Å². The highest BCUT2D eigenvalue weighted by atomic mass is 79.9. The van der Waals surface area contributed by atoms with Gasteiger partial charge in [-0.25, -0.2) is 4.98 Å². The summed E-state index contributed by atoms with van der Waals surface area (Å²) in [5.41, 5.74) is 0. The van der Waals surface area contributed by atoms with Gasteiger partial charge in [-0.15, -0.1) is 11.3 Å². The predicted molar refractivity (Wildman–Crippen MR) is 47.3 cm³/mol. The Labute approximate surface area is 74.8 Å². The minimum Gasteiger partial charge on any atom is -0.248 e. The zero-order valence-corrected chi connectivity index (χ0v) is 8.59. The Bertz CT molecular complexity index is 187. The van der Waals surface area contributed by atoms with Crippen molar-refractivity contribution in [1.82, 2.24) is 4.98 Å². The monoisotopic (exact) mass is 269 g/mol. The Morgan fingerprint density at radius 1 is 1.67 bits per heavy atom. The summed E-state index contributed by atoms with van der Waals surface area (Å²) in [7, 11) is 0. The van der Waals surface area contributed by atoms with Crippen molar-refractivity contribution in [3.05, 3.63) is 15.0 Å². The van der Waals surface area contributed by atoms with Crippen LogP contribution < -0.4 is 0 Å². The highest BCUT2D eigenvalue weighted by molar-refractivity contribution is 9.11. The van der Waals surface area contributed by atoms with Crippen molar-refractivity contribution in [2.24, 2.45) is 0 Å². The van der Waals surface area contributed by atoms with Gasteiger partial charge in [0.05, 0.1) is 15.0 Å². The van der Waals surface area contributed by atoms with Gasteiger partial charge < -0.3 is 0 Å². The van der Waals surface area contributed by atoms with Crippen molar-refractivity contribution >= 4 is 43.2 Å². The maximum atomic E-state index is 4.15. The SMILES string of the molecule is BrCCc1ncc(Br)s1. The first-order chi connectivity index (χ1) is 4.33. The highest BCUT2D eigenvalue weighted by Gasteiger charge is 1.95. The van der Waals surface area contributed by atoms with E-state index >= 15 is 0 Å². The predicted octanol–water partition coefficient (Wildman–Crippen LogP) is 2.84. The molecule has 0 atom stereocenters. The maximum Gasteiger partial charge on any atom is 0.0945 e. The summed E-state index contributed by atoms with van der Waals surface area (Å²) in [5, 5.41) is 2.17. The fourth-order valence-electron chi connectivity index (χ4n) is 0.484. The minimum absolute atomic E-state index is 0.993. The molecule has 0 saturated heterocycles. The van der Waals surface area contributed by atoms with Crippen LogP contribution in [0, 0.1) is 0 Å². The van der Waals surface area contributed by atoms with Gasteiger partial charge in [0.25, 0.3) is 0 Å². The molecule has 1 aromatic rings. The smallest absolute Gasteiger partial charge is 0.0945 e. The second-order valence-electron chi connectivity index (χ2n) is 1.50. The normalized spacial score (nSPS) is 10.0. The third-order valence-electron chi connectivity index (χ3n) is 0.834. The average Bonchev–Trinajstić information content (AvgIpc) is 2.17. The van der Waals surface area contributed by atoms with E-state index in [0.717, 1.165) is 15.5 Å². The molecule has 0 unspecified atom stereocenters. The van der Waals surface area contributed by atoms with Gasteiger partial charge in [0.15, 0.2) is 0 Å². The van der Waals surface area contributed by atoms with E-state index in [1.165, 1.54) is 5.01 Å². The fraction of sp³-hybridized carbons (Fsp3) is 0.400. The van der Waals surface area contributed by atoms with Crippen LogP contribution in [-0.2, 0) is 6.42 Å². The standard InChI is InChI=1S/C5H5Br2NS/c6-2-1-5-8-3-4(7)9-5/h3H,1-2H2. The van der Waals surface area contributed by atoms with Crippen molar-refractivity contribution in [3.8, 4) is 0 Å². The van der Waals surface area contributed by atoms with Crippen LogP contribution >= 0.6 is 43.2 Å². The first-order valence-corrected chi connectivity index (χ1v) is 5.22. The molecule has 0 aliphatic heterocycles. The van der Waals surface area contributed by atoms with Gasteiger partial charge in [0, 0.05) is 11.8 Å². The zero-order valence-electron chi connectivity index (χ0n) is 4.60. The highest BCUT2D eigenvalue weighted by Crippen LogP contribution is 2.19. The van der Waals surface area contributed by atoms with Gasteiger partial charge in [0.2, 0.25) is 0 Å². The Balaban J connectivity index is 2.61. The van der Waals surface area contributed by atoms with Crippen LogP contribution in [-0.4, -0.2) is 10.3 Å². The molecule has 50 valence electrons. The van der Waals surface area contributed by atoms with E-state index in [1.807, 2.05) is 6.20 Å². The Hall–Kier alpha value is 0.590. The molecular weight excluding hydrogens is 266 g/mol. The van der Waals surface area contributed by atoms with Crippen LogP contribution in [0.3, 0.4) is 0 Å². The minimum atomic E-state index is 0.993. The van der Waals surface area contributed by atoms with Gasteiger partial charge >= 0.3 is 0 Å². The van der Waals surface area contributed by atoms with Crippen LogP contribution in [0.2, 0.25) is 0 Å². The Morgan fingerprint density at radius 3 is 2.89 bits per heavy atom. The van der Waals surface area contributed by atoms with E-state index in [2.05, 4.69) is 36.8 Å². The van der Waals surface area contributed by atoms with Crippen molar-refractivity contribution in [2.45, 2.75) is 6.42 Å². The second kappa shape index (κ2) is 3.68. The summed E-state index contributed by atoms with van der Waals surface area (Å²) in [4.78, 5) is 4.15. The number of hydrogen-bond acceptors (Lipinski definition) is 2. The molecule has 0 N–H and O–H groups in total. The summed E-state index contributed by atoms with van der Waals surface area (Å²) in [5.74, 6) is 0. The number of halogens is 2. The molecular formula is C5H5Br2NS. The molecule has 0 fully saturated rings. The van der Waals surface area contributed by atoms with Crippen LogP contribution in [0.5, 0.6) is 0 Å². The fourth-order valence-corrected chi connectivity index (χ4v) is 2.43. The third kappa shape index (κ3) is 2.35. The van der Waals surface area contributed by atoms with E-state index in [4.69, 9.17) is 0 Å². The van der Waals surface area contributed by atoms with Crippen molar-refractivity contribution < 1.29 is 0 Å². The first-order valence-electron chi connectivity index (χ1n) is 2.49. The van der Waals surface area contributed by atoms with E-state index in [1.54, 1.807) is 11.3 Å². The molecule has 1 heterocycles. The molecule has 0 bridgehead atoms. The largest absolute Gasteiger partial charge is 0.248 e. The van der Waals surface area contributed by atoms with Crippen molar-refractivity contribution in [3.63, 3.8) is 0 Å². The molecule has 0 aromatic carbocycles. The molecule has 0 saturated carbocycles. The van der Waals surface area contributed by atoms with Crippen molar-refractivity contribution in [2.75, 3.05) is 5.33 Å². The van der Waals surface area contributed by atoms with Crippen molar-refractivity contribution in [1.29, 1.82) is 0 Å². The van der Waals surface area contributed by atoms with Gasteiger partial charge in [-0.2, -0.15) is 0 Å². The second-order valence-corrected chi connectivity index (χ2v) is 4.78. The zero-order chi connectivity index (χ0) is 6.69. The van der Waals surface area contributed by atoms with Gasteiger partial charge in [-0.3, -0.25) is 0 Å². The van der Waals surface area contributed by atoms with E-state index in [9.17, 15) is 0 Å². The van der Waals surface area contributed by atoms with Crippen LogP contribution in [0.15, 0.2) is 9.98 Å². The van der Waals surface area contributed by atoms with Crippen LogP contribution in [0.25, 0.3) is 0 Å². The van der Waals surface area contributed by atoms with E-state index < -0.39 is 0 Å². The van der Waals surface area contributed by atoms with Crippen LogP contribution in [0.4, 0.5) is 0 Å². The number of aryl methyl sites for hydroxylation is 1. The first kappa shape index (κ1) is 7.69. The van der Waals surface area contributed by atoms with Gasteiger partial charge in [0.1, 0.15) is 0 Å². The summed E-state index contributed by atoms with van der Waals surface area (Å²) >= 11 is 8.38. The molecule has 0 radical (unpaired) electrons.